The Labute approximate surface area is 116 Å². The van der Waals surface area contributed by atoms with Crippen molar-refractivity contribution in [2.24, 2.45) is 0 Å². The number of para-hydroxylation sites is 1. The van der Waals surface area contributed by atoms with Crippen LogP contribution in [-0.4, -0.2) is 33.0 Å². The molecule has 0 spiro atoms. The Morgan fingerprint density at radius 3 is 2.74 bits per heavy atom. The highest BCUT2D eigenvalue weighted by molar-refractivity contribution is 7.90. The van der Waals surface area contributed by atoms with Crippen LogP contribution >= 0.6 is 0 Å². The third-order valence-corrected chi connectivity index (χ3v) is 4.90. The Bertz CT molecular complexity index is 525. The van der Waals surface area contributed by atoms with Gasteiger partial charge in [0.1, 0.15) is 9.84 Å². The Morgan fingerprint density at radius 1 is 1.32 bits per heavy atom. The second-order valence-corrected chi connectivity index (χ2v) is 7.67. The number of benzene rings is 1. The predicted octanol–water partition coefficient (Wildman–Crippen LogP) is 2.65. The molecule has 0 N–H and O–H groups in total. The van der Waals surface area contributed by atoms with Gasteiger partial charge in [-0.05, 0) is 37.3 Å². The molecule has 106 valence electrons. The fourth-order valence-electron chi connectivity index (χ4n) is 2.90. The van der Waals surface area contributed by atoms with Crippen LogP contribution in [0.4, 0.5) is 5.69 Å². The van der Waals surface area contributed by atoms with Crippen LogP contribution in [0.3, 0.4) is 0 Å². The maximum Gasteiger partial charge on any atom is 0.147 e. The van der Waals surface area contributed by atoms with E-state index in [-0.39, 0.29) is 5.75 Å². The average molecular weight is 281 g/mol. The van der Waals surface area contributed by atoms with E-state index < -0.39 is 9.84 Å². The van der Waals surface area contributed by atoms with E-state index in [4.69, 9.17) is 0 Å². The van der Waals surface area contributed by atoms with Gasteiger partial charge in [-0.3, -0.25) is 0 Å². The van der Waals surface area contributed by atoms with E-state index in [0.29, 0.717) is 12.5 Å². The summed E-state index contributed by atoms with van der Waals surface area (Å²) in [6.45, 7) is 3.05. The molecule has 4 heteroatoms. The van der Waals surface area contributed by atoms with Crippen LogP contribution in [0.25, 0.3) is 0 Å². The lowest BCUT2D eigenvalue weighted by Gasteiger charge is -2.38. The zero-order chi connectivity index (χ0) is 13.9. The third kappa shape index (κ3) is 3.72. The maximum absolute atomic E-state index is 11.3. The molecule has 0 fully saturated rings. The van der Waals surface area contributed by atoms with Crippen LogP contribution in [0, 0.1) is 0 Å². The number of hydrogen-bond acceptors (Lipinski definition) is 3. The van der Waals surface area contributed by atoms with E-state index in [1.54, 1.807) is 0 Å². The van der Waals surface area contributed by atoms with Crippen molar-refractivity contribution in [1.29, 1.82) is 0 Å². The van der Waals surface area contributed by atoms with E-state index in [0.717, 1.165) is 19.4 Å². The minimum absolute atomic E-state index is 0.280. The first-order chi connectivity index (χ1) is 9.01. The fourth-order valence-corrected chi connectivity index (χ4v) is 3.56. The Balaban J connectivity index is 2.11. The lowest BCUT2D eigenvalue weighted by atomic mass is 9.94. The van der Waals surface area contributed by atoms with Crippen molar-refractivity contribution in [3.63, 3.8) is 0 Å². The van der Waals surface area contributed by atoms with Gasteiger partial charge in [0, 0.05) is 24.5 Å². The van der Waals surface area contributed by atoms with Gasteiger partial charge in [-0.25, -0.2) is 8.42 Å². The van der Waals surface area contributed by atoms with Crippen molar-refractivity contribution < 1.29 is 8.42 Å². The highest BCUT2D eigenvalue weighted by Crippen LogP contribution is 2.31. The lowest BCUT2D eigenvalue weighted by Crippen LogP contribution is -2.40. The summed E-state index contributed by atoms with van der Waals surface area (Å²) in [7, 11) is -2.85. The van der Waals surface area contributed by atoms with E-state index in [1.807, 2.05) is 0 Å². The molecule has 2 rings (SSSR count). The predicted molar refractivity (Wildman–Crippen MR) is 80.5 cm³/mol. The molecule has 0 aliphatic carbocycles. The summed E-state index contributed by atoms with van der Waals surface area (Å²) in [5, 5.41) is 0. The van der Waals surface area contributed by atoms with Crippen LogP contribution in [0.15, 0.2) is 24.3 Å². The lowest BCUT2D eigenvalue weighted by molar-refractivity contribution is 0.510. The highest BCUT2D eigenvalue weighted by atomic mass is 32.2. The summed E-state index contributed by atoms with van der Waals surface area (Å²) >= 11 is 0. The molecule has 1 aliphatic rings. The van der Waals surface area contributed by atoms with Crippen LogP contribution in [0.5, 0.6) is 0 Å². The van der Waals surface area contributed by atoms with E-state index >= 15 is 0 Å². The number of nitrogens with zero attached hydrogens (tertiary/aromatic N) is 1. The van der Waals surface area contributed by atoms with E-state index in [2.05, 4.69) is 36.1 Å². The van der Waals surface area contributed by atoms with Gasteiger partial charge in [-0.2, -0.15) is 0 Å². The first-order valence-electron chi connectivity index (χ1n) is 7.03. The van der Waals surface area contributed by atoms with Gasteiger partial charge >= 0.3 is 0 Å². The molecule has 1 unspecified atom stereocenters. The Kier molecular flexibility index (Phi) is 4.50. The van der Waals surface area contributed by atoms with Crippen molar-refractivity contribution in [3.05, 3.63) is 29.8 Å². The summed E-state index contributed by atoms with van der Waals surface area (Å²) in [6.07, 6.45) is 5.45. The maximum atomic E-state index is 11.3. The summed E-state index contributed by atoms with van der Waals surface area (Å²) in [6, 6.07) is 9.05. The van der Waals surface area contributed by atoms with Crippen molar-refractivity contribution in [2.75, 3.05) is 23.5 Å². The average Bonchev–Trinajstić information content (AvgIpc) is 2.37. The molecule has 0 saturated heterocycles. The van der Waals surface area contributed by atoms with Gasteiger partial charge in [0.25, 0.3) is 0 Å². The van der Waals surface area contributed by atoms with Crippen molar-refractivity contribution >= 4 is 15.5 Å². The van der Waals surface area contributed by atoms with E-state index in [9.17, 15) is 8.42 Å². The minimum atomic E-state index is -2.85. The topological polar surface area (TPSA) is 37.4 Å². The molecule has 0 amide bonds. The smallest absolute Gasteiger partial charge is 0.147 e. The molecule has 1 atom stereocenters. The second kappa shape index (κ2) is 5.95. The van der Waals surface area contributed by atoms with Crippen LogP contribution in [0.1, 0.15) is 31.7 Å². The molecule has 0 radical (unpaired) electrons. The van der Waals surface area contributed by atoms with Gasteiger partial charge in [0.2, 0.25) is 0 Å². The first-order valence-corrected chi connectivity index (χ1v) is 9.09. The number of aryl methyl sites for hydroxylation is 1. The van der Waals surface area contributed by atoms with Crippen LogP contribution in [0.2, 0.25) is 0 Å². The van der Waals surface area contributed by atoms with Gasteiger partial charge in [0.15, 0.2) is 0 Å². The molecule has 0 aromatic heterocycles. The molecule has 1 aromatic carbocycles. The van der Waals surface area contributed by atoms with Crippen LogP contribution in [-0.2, 0) is 16.3 Å². The summed E-state index contributed by atoms with van der Waals surface area (Å²) in [5.41, 5.74) is 2.70. The normalized spacial score (nSPS) is 19.3. The number of anilines is 1. The molecular formula is C15H23NO2S. The zero-order valence-corrected chi connectivity index (χ0v) is 12.6. The summed E-state index contributed by atoms with van der Waals surface area (Å²) in [5.74, 6) is 0.280. The molecule has 19 heavy (non-hydrogen) atoms. The molecule has 0 bridgehead atoms. The first kappa shape index (κ1) is 14.4. The van der Waals surface area contributed by atoms with Gasteiger partial charge in [-0.1, -0.05) is 25.1 Å². The van der Waals surface area contributed by atoms with Gasteiger partial charge in [-0.15, -0.1) is 0 Å². The Hall–Kier alpha value is -1.03. The quantitative estimate of drug-likeness (QED) is 0.832. The number of sulfone groups is 1. The van der Waals surface area contributed by atoms with Gasteiger partial charge in [0.05, 0.1) is 5.75 Å². The fraction of sp³-hybridized carbons (Fsp3) is 0.600. The molecule has 1 aromatic rings. The SMILES string of the molecule is CCC1CCc2ccccc2N1CCCS(C)(=O)=O. The van der Waals surface area contributed by atoms with Crippen molar-refractivity contribution in [2.45, 2.75) is 38.6 Å². The number of rotatable bonds is 5. The molecule has 1 aliphatic heterocycles. The van der Waals surface area contributed by atoms with Crippen molar-refractivity contribution in [1.82, 2.24) is 0 Å². The molecule has 3 nitrogen and oxygen atoms in total. The standard InChI is InChI=1S/C15H23NO2S/c1-3-14-10-9-13-7-4-5-8-15(13)16(14)11-6-12-19(2,17)18/h4-5,7-8,14H,3,6,9-12H2,1-2H3. The van der Waals surface area contributed by atoms with Crippen LogP contribution < -0.4 is 4.90 Å². The second-order valence-electron chi connectivity index (χ2n) is 5.41. The number of fused-ring (bicyclic) bond motifs is 1. The van der Waals surface area contributed by atoms with Crippen molar-refractivity contribution in [3.8, 4) is 0 Å². The number of hydrogen-bond donors (Lipinski definition) is 0. The van der Waals surface area contributed by atoms with E-state index in [1.165, 1.54) is 23.9 Å². The molecule has 0 saturated carbocycles. The molecule has 1 heterocycles. The third-order valence-electron chi connectivity index (χ3n) is 3.87. The molecular weight excluding hydrogens is 258 g/mol. The largest absolute Gasteiger partial charge is 0.368 e. The monoisotopic (exact) mass is 281 g/mol. The zero-order valence-electron chi connectivity index (χ0n) is 11.8. The Morgan fingerprint density at radius 2 is 2.05 bits per heavy atom. The summed E-state index contributed by atoms with van der Waals surface area (Å²) in [4.78, 5) is 2.41. The highest BCUT2D eigenvalue weighted by Gasteiger charge is 2.24. The minimum Gasteiger partial charge on any atom is -0.368 e. The summed E-state index contributed by atoms with van der Waals surface area (Å²) < 4.78 is 22.5. The van der Waals surface area contributed by atoms with Gasteiger partial charge < -0.3 is 4.90 Å².